The summed E-state index contributed by atoms with van der Waals surface area (Å²) in [7, 11) is 0. The van der Waals surface area contributed by atoms with Crippen LogP contribution in [0.15, 0.2) is 30.4 Å². The van der Waals surface area contributed by atoms with Gasteiger partial charge in [0.25, 0.3) is 0 Å². The van der Waals surface area contributed by atoms with Crippen molar-refractivity contribution in [3.05, 3.63) is 41.5 Å². The summed E-state index contributed by atoms with van der Waals surface area (Å²) in [5.74, 6) is -2.99. The molecule has 1 fully saturated rings. The normalized spacial score (nSPS) is 27.8. The Morgan fingerprint density at radius 2 is 2.10 bits per heavy atom. The summed E-state index contributed by atoms with van der Waals surface area (Å²) in [6.45, 7) is 1.80. The number of aliphatic hydroxyl groups excluding tert-OH is 2. The summed E-state index contributed by atoms with van der Waals surface area (Å²) < 4.78 is 46.0. The van der Waals surface area contributed by atoms with Crippen LogP contribution in [0.5, 0.6) is 5.75 Å². The molecule has 1 aromatic carbocycles. The van der Waals surface area contributed by atoms with Crippen LogP contribution in [0.4, 0.5) is 13.2 Å². The zero-order chi connectivity index (χ0) is 22.8. The molecule has 1 saturated carbocycles. The third-order valence-electron chi connectivity index (χ3n) is 6.46. The smallest absolute Gasteiger partial charge is 0.394 e. The molecule has 8 heteroatoms. The van der Waals surface area contributed by atoms with E-state index in [2.05, 4.69) is 0 Å². The molecule has 0 bridgehead atoms. The van der Waals surface area contributed by atoms with Crippen molar-refractivity contribution < 1.29 is 38.0 Å². The Kier molecular flexibility index (Phi) is 7.31. The van der Waals surface area contributed by atoms with Crippen molar-refractivity contribution in [2.75, 3.05) is 0 Å². The first-order valence-corrected chi connectivity index (χ1v) is 10.8. The maximum Gasteiger partial charge on any atom is 0.394 e. The fourth-order valence-electron chi connectivity index (χ4n) is 4.71. The number of rotatable bonds is 7. The molecule has 1 heterocycles. The summed E-state index contributed by atoms with van der Waals surface area (Å²) in [5.41, 5.74) is 0.981. The van der Waals surface area contributed by atoms with E-state index in [1.807, 2.05) is 0 Å². The molecule has 0 unspecified atom stereocenters. The van der Waals surface area contributed by atoms with Crippen LogP contribution < -0.4 is 4.74 Å². The third-order valence-corrected chi connectivity index (χ3v) is 6.46. The number of halogens is 3. The number of carbonyl (C=O) groups is 1. The Bertz CT molecular complexity index is 807. The molecule has 0 amide bonds. The highest BCUT2D eigenvalue weighted by atomic mass is 19.4. The molecular formula is C23H29F3O5. The van der Waals surface area contributed by atoms with Crippen molar-refractivity contribution in [2.45, 2.75) is 69.9 Å². The minimum Gasteiger partial charge on any atom is -0.490 e. The van der Waals surface area contributed by atoms with Crippen LogP contribution in [-0.2, 0) is 6.42 Å². The second-order valence-electron chi connectivity index (χ2n) is 8.53. The maximum atomic E-state index is 13.3. The topological polar surface area (TPSA) is 87.0 Å². The lowest BCUT2D eigenvalue weighted by Crippen LogP contribution is -2.33. The lowest BCUT2D eigenvalue weighted by Gasteiger charge is -2.25. The summed E-state index contributed by atoms with van der Waals surface area (Å²) in [6, 6.07) is 4.70. The predicted molar refractivity (Wildman–Crippen MR) is 108 cm³/mol. The second kappa shape index (κ2) is 9.61. The van der Waals surface area contributed by atoms with E-state index >= 15 is 0 Å². The monoisotopic (exact) mass is 442 g/mol. The molecule has 3 rings (SSSR count). The van der Waals surface area contributed by atoms with Crippen LogP contribution >= 0.6 is 0 Å². The van der Waals surface area contributed by atoms with E-state index < -0.39 is 36.2 Å². The number of hydrogen-bond donors (Lipinski definition) is 3. The average molecular weight is 442 g/mol. The summed E-state index contributed by atoms with van der Waals surface area (Å²) >= 11 is 0. The first-order chi connectivity index (χ1) is 14.6. The van der Waals surface area contributed by atoms with Crippen molar-refractivity contribution in [2.24, 2.45) is 17.8 Å². The van der Waals surface area contributed by atoms with Crippen LogP contribution in [-0.4, -0.2) is 45.8 Å². The molecule has 0 aromatic heterocycles. The zero-order valence-corrected chi connectivity index (χ0v) is 17.4. The van der Waals surface area contributed by atoms with Gasteiger partial charge < -0.3 is 20.1 Å². The van der Waals surface area contributed by atoms with Crippen LogP contribution in [0.2, 0.25) is 0 Å². The Hall–Kier alpha value is -2.06. The molecule has 3 N–H and O–H groups in total. The van der Waals surface area contributed by atoms with Gasteiger partial charge in [-0.15, -0.1) is 0 Å². The largest absolute Gasteiger partial charge is 0.490 e. The lowest BCUT2D eigenvalue weighted by atomic mass is 9.87. The van der Waals surface area contributed by atoms with Gasteiger partial charge in [-0.25, -0.2) is 4.79 Å². The van der Waals surface area contributed by atoms with Crippen molar-refractivity contribution in [1.29, 1.82) is 0 Å². The maximum absolute atomic E-state index is 13.3. The lowest BCUT2D eigenvalue weighted by molar-refractivity contribution is -0.195. The zero-order valence-electron chi connectivity index (χ0n) is 17.4. The first kappa shape index (κ1) is 23.6. The molecule has 5 nitrogen and oxygen atoms in total. The molecule has 1 aliphatic carbocycles. The van der Waals surface area contributed by atoms with Crippen LogP contribution in [0, 0.1) is 17.8 Å². The number of fused-ring (bicyclic) bond motifs is 2. The number of unbranched alkanes of at least 4 members (excludes halogenated alkanes) is 1. The van der Waals surface area contributed by atoms with Gasteiger partial charge in [0.2, 0.25) is 0 Å². The van der Waals surface area contributed by atoms with Crippen LogP contribution in [0.3, 0.4) is 0 Å². The highest BCUT2D eigenvalue weighted by Crippen LogP contribution is 2.43. The molecule has 172 valence electrons. The minimum absolute atomic E-state index is 0.112. The van der Waals surface area contributed by atoms with E-state index in [-0.39, 0.29) is 24.0 Å². The SMILES string of the molecule is CCCC[C@H]([C@@H](O)/C=C/[C@@H]1[C@H]2CCc3ccc(C(=O)O)cc3O[C@H]2C[C@H]1O)C(F)(F)F. The molecule has 0 spiro atoms. The van der Waals surface area contributed by atoms with Gasteiger partial charge in [-0.2, -0.15) is 13.2 Å². The number of ether oxygens (including phenoxy) is 1. The van der Waals surface area contributed by atoms with Gasteiger partial charge in [0.15, 0.2) is 0 Å². The molecule has 1 aliphatic heterocycles. The van der Waals surface area contributed by atoms with E-state index in [0.717, 1.165) is 5.56 Å². The average Bonchev–Trinajstić information content (AvgIpc) is 2.86. The molecule has 0 saturated heterocycles. The van der Waals surface area contributed by atoms with Crippen LogP contribution in [0.1, 0.15) is 54.9 Å². The van der Waals surface area contributed by atoms with Crippen molar-refractivity contribution in [1.82, 2.24) is 0 Å². The van der Waals surface area contributed by atoms with E-state index in [1.54, 1.807) is 13.0 Å². The van der Waals surface area contributed by atoms with Gasteiger partial charge in [0.05, 0.1) is 23.7 Å². The van der Waals surface area contributed by atoms with Crippen molar-refractivity contribution in [3.8, 4) is 5.75 Å². The van der Waals surface area contributed by atoms with Gasteiger partial charge in [-0.3, -0.25) is 0 Å². The van der Waals surface area contributed by atoms with Gasteiger partial charge in [0, 0.05) is 18.3 Å². The highest BCUT2D eigenvalue weighted by Gasteiger charge is 2.45. The number of carboxylic acids is 1. The fourth-order valence-corrected chi connectivity index (χ4v) is 4.71. The number of aliphatic hydroxyl groups is 2. The van der Waals surface area contributed by atoms with Gasteiger partial charge in [0.1, 0.15) is 11.9 Å². The Morgan fingerprint density at radius 3 is 2.74 bits per heavy atom. The minimum atomic E-state index is -4.50. The summed E-state index contributed by atoms with van der Waals surface area (Å²) in [4.78, 5) is 11.2. The molecule has 1 aromatic rings. The summed E-state index contributed by atoms with van der Waals surface area (Å²) in [6.07, 6.45) is -2.27. The Labute approximate surface area is 179 Å². The van der Waals surface area contributed by atoms with Crippen LogP contribution in [0.25, 0.3) is 0 Å². The van der Waals surface area contributed by atoms with Gasteiger partial charge in [-0.05, 0) is 37.0 Å². The number of benzene rings is 1. The van der Waals surface area contributed by atoms with Gasteiger partial charge >= 0.3 is 12.1 Å². The molecule has 31 heavy (non-hydrogen) atoms. The number of carboxylic acid groups (broad SMARTS) is 1. The van der Waals surface area contributed by atoms with Gasteiger partial charge in [-0.1, -0.05) is 38.0 Å². The Morgan fingerprint density at radius 1 is 1.35 bits per heavy atom. The van der Waals surface area contributed by atoms with Crippen molar-refractivity contribution in [3.63, 3.8) is 0 Å². The van der Waals surface area contributed by atoms with E-state index in [0.29, 0.717) is 37.9 Å². The van der Waals surface area contributed by atoms with E-state index in [1.165, 1.54) is 24.3 Å². The second-order valence-corrected chi connectivity index (χ2v) is 8.53. The molecule has 2 aliphatic rings. The van der Waals surface area contributed by atoms with Crippen molar-refractivity contribution >= 4 is 5.97 Å². The van der Waals surface area contributed by atoms with E-state index in [4.69, 9.17) is 4.74 Å². The first-order valence-electron chi connectivity index (χ1n) is 10.8. The standard InChI is InChI=1S/C23H29F3O5/c1-2-3-4-17(23(24,25)26)18(27)10-9-15-16-8-7-13-5-6-14(22(29)30)11-20(13)31-21(16)12-19(15)28/h5-6,9-11,15-19,21,27-28H,2-4,7-8,12H2,1H3,(H,29,30)/b10-9+/t15-,16-,17-,18+,19-,21+/m1/s1. The van der Waals surface area contributed by atoms with E-state index in [9.17, 15) is 33.3 Å². The highest BCUT2D eigenvalue weighted by molar-refractivity contribution is 5.88. The number of aromatic carboxylic acids is 1. The number of hydrogen-bond acceptors (Lipinski definition) is 4. The molecular weight excluding hydrogens is 413 g/mol. The quantitative estimate of drug-likeness (QED) is 0.546. The number of alkyl halides is 3. The third kappa shape index (κ3) is 5.41. The predicted octanol–water partition coefficient (Wildman–Crippen LogP) is 4.36. The summed E-state index contributed by atoms with van der Waals surface area (Å²) in [5, 5.41) is 29.9. The molecule has 6 atom stereocenters. The fraction of sp³-hybridized carbons (Fsp3) is 0.609. The Balaban J connectivity index is 1.74. The molecule has 0 radical (unpaired) electrons. The number of aryl methyl sites for hydroxylation is 1.